The Hall–Kier alpha value is -4.92. The molecule has 0 aliphatic rings. The van der Waals surface area contributed by atoms with E-state index in [9.17, 15) is 0 Å². The maximum atomic E-state index is 6.64. The van der Waals surface area contributed by atoms with E-state index >= 15 is 0 Å². The van der Waals surface area contributed by atoms with Crippen LogP contribution >= 0.6 is 0 Å². The molecule has 0 unspecified atom stereocenters. The van der Waals surface area contributed by atoms with E-state index in [2.05, 4.69) is 192 Å². The van der Waals surface area contributed by atoms with Gasteiger partial charge in [-0.1, -0.05) is 150 Å². The molecular weight excluding hydrogens is 955 g/mol. The van der Waals surface area contributed by atoms with Crippen molar-refractivity contribution in [2.45, 2.75) is 79.8 Å². The number of hydrogen-bond donors (Lipinski definition) is 0. The molecule has 9 rings (SSSR count). The van der Waals surface area contributed by atoms with E-state index in [1.165, 1.54) is 43.3 Å². The molecule has 4 aromatic heterocycles. The molecule has 0 amide bonds. The van der Waals surface area contributed by atoms with Crippen molar-refractivity contribution in [2.24, 2.45) is 11.8 Å². The fourth-order valence-electron chi connectivity index (χ4n) is 8.70. The average molecular weight is 1010 g/mol. The molecule has 0 aliphatic carbocycles. The van der Waals surface area contributed by atoms with Crippen LogP contribution in [0.2, 0.25) is 39.3 Å². The molecule has 4 heterocycles. The molecule has 0 atom stereocenters. The predicted molar refractivity (Wildman–Crippen MR) is 262 cm³/mol. The Morgan fingerprint density at radius 1 is 0.607 bits per heavy atom. The smallest absolute Gasteiger partial charge is 0.121 e. The molecule has 4 nitrogen and oxygen atoms in total. The molecule has 0 fully saturated rings. The number of nitrogens with zero attached hydrogens (tertiary/aromatic N) is 3. The minimum Gasteiger partial charge on any atom is -0.501 e. The average Bonchev–Trinajstić information content (AvgIpc) is 3.77. The molecule has 0 saturated carbocycles. The van der Waals surface area contributed by atoms with Gasteiger partial charge in [-0.3, -0.25) is 0 Å². The Kier molecular flexibility index (Phi) is 12.9. The van der Waals surface area contributed by atoms with Crippen molar-refractivity contribution in [3.8, 4) is 28.2 Å². The zero-order chi connectivity index (χ0) is 42.3. The molecule has 1 radical (unpaired) electrons. The summed E-state index contributed by atoms with van der Waals surface area (Å²) in [6.45, 7) is 23.5. The SMILES string of the molecule is CC(C)Cc1cc(-c2[c-]cc(-n3c4ccccc4c4ccccc43)c3c2oc2ccccc23)ncc1[Si](C)(C)C.CC(C)Cc1cc(-c2[c-]cccc2)ncc1[Si](C)(C)C.[Ir]. The Balaban J connectivity index is 0.000000226. The van der Waals surface area contributed by atoms with E-state index in [4.69, 9.17) is 9.40 Å². The van der Waals surface area contributed by atoms with Gasteiger partial charge in [0.15, 0.2) is 0 Å². The van der Waals surface area contributed by atoms with Crippen molar-refractivity contribution < 1.29 is 24.5 Å². The van der Waals surface area contributed by atoms with Crippen molar-refractivity contribution in [1.29, 1.82) is 0 Å². The first-order valence-electron chi connectivity index (χ1n) is 21.5. The van der Waals surface area contributed by atoms with E-state index in [1.54, 1.807) is 0 Å². The van der Waals surface area contributed by atoms with Gasteiger partial charge < -0.3 is 19.0 Å². The second-order valence-corrected chi connectivity index (χ2v) is 29.2. The van der Waals surface area contributed by atoms with Crippen LogP contribution in [0.5, 0.6) is 0 Å². The Bertz CT molecular complexity index is 2920. The molecule has 7 heteroatoms. The van der Waals surface area contributed by atoms with Gasteiger partial charge in [0.2, 0.25) is 0 Å². The summed E-state index contributed by atoms with van der Waals surface area (Å²) in [5, 5.41) is 7.61. The van der Waals surface area contributed by atoms with Crippen LogP contribution in [0.15, 0.2) is 132 Å². The number of para-hydroxylation sites is 3. The van der Waals surface area contributed by atoms with Gasteiger partial charge in [0.1, 0.15) is 5.58 Å². The summed E-state index contributed by atoms with van der Waals surface area (Å²) in [4.78, 5) is 9.72. The Morgan fingerprint density at radius 2 is 1.11 bits per heavy atom. The monoisotopic (exact) mass is 1010 g/mol. The van der Waals surface area contributed by atoms with Gasteiger partial charge in [-0.05, 0) is 75.7 Å². The Morgan fingerprint density at radius 3 is 1.66 bits per heavy atom. The maximum absolute atomic E-state index is 6.64. The number of hydrogen-bond acceptors (Lipinski definition) is 3. The van der Waals surface area contributed by atoms with Gasteiger partial charge in [-0.25, -0.2) is 0 Å². The number of aromatic nitrogens is 3. The minimum absolute atomic E-state index is 0. The number of furan rings is 1. The maximum Gasteiger partial charge on any atom is 0.121 e. The van der Waals surface area contributed by atoms with Gasteiger partial charge in [-0.2, -0.15) is 0 Å². The standard InChI is InChI=1S/C36H33N2OSi.C18H24NSi.Ir/c1-23(2)20-24-21-29(37-22-34(24)40(3,4)5)27-18-19-32(35-28-14-8-11-17-33(28)39-36(27)35)38-30-15-9-6-12-25(30)26-13-7-10-16-31(26)38;1-14(2)11-16-12-17(15-9-7-6-8-10-15)19-13-18(16)20(3,4)5;/h6-17,19,21-23H,20H2,1-5H3;6-9,12-14H,11H2,1-5H3;/q2*-1;. The number of pyridine rings is 2. The first-order chi connectivity index (χ1) is 28.7. The normalized spacial score (nSPS) is 12.1. The van der Waals surface area contributed by atoms with Gasteiger partial charge in [0, 0.05) is 59.7 Å². The van der Waals surface area contributed by atoms with Crippen LogP contribution in [0.4, 0.5) is 0 Å². The fraction of sp³-hybridized carbons (Fsp3) is 0.259. The molecule has 0 N–H and O–H groups in total. The zero-order valence-corrected chi connectivity index (χ0v) is 41.7. The van der Waals surface area contributed by atoms with Gasteiger partial charge in [0.25, 0.3) is 0 Å². The van der Waals surface area contributed by atoms with Crippen LogP contribution in [-0.2, 0) is 32.9 Å². The minimum atomic E-state index is -1.55. The predicted octanol–water partition coefficient (Wildman–Crippen LogP) is 13.6. The van der Waals surface area contributed by atoms with Crippen LogP contribution in [0.1, 0.15) is 38.8 Å². The molecule has 0 saturated heterocycles. The van der Waals surface area contributed by atoms with E-state index < -0.39 is 16.1 Å². The molecule has 313 valence electrons. The first kappa shape index (κ1) is 44.1. The molecule has 5 aromatic carbocycles. The quantitative estimate of drug-likeness (QED) is 0.107. The van der Waals surface area contributed by atoms with E-state index in [0.717, 1.165) is 63.0 Å². The third-order valence-electron chi connectivity index (χ3n) is 11.3. The topological polar surface area (TPSA) is 43.9 Å². The van der Waals surface area contributed by atoms with Crippen molar-refractivity contribution in [3.05, 3.63) is 151 Å². The summed E-state index contributed by atoms with van der Waals surface area (Å²) in [6, 6.07) is 47.3. The third-order valence-corrected chi connectivity index (χ3v) is 15.5. The molecule has 9 aromatic rings. The van der Waals surface area contributed by atoms with Gasteiger partial charge in [-0.15, -0.1) is 48.0 Å². The van der Waals surface area contributed by atoms with Crippen molar-refractivity contribution in [3.63, 3.8) is 0 Å². The van der Waals surface area contributed by atoms with Crippen molar-refractivity contribution >= 4 is 70.3 Å². The first-order valence-corrected chi connectivity index (χ1v) is 28.5. The van der Waals surface area contributed by atoms with Crippen LogP contribution in [0, 0.1) is 24.0 Å². The van der Waals surface area contributed by atoms with E-state index in [-0.39, 0.29) is 20.1 Å². The molecular formula is C54H57IrN3OSi2-2. The second-order valence-electron chi connectivity index (χ2n) is 19.1. The van der Waals surface area contributed by atoms with E-state index in [0.29, 0.717) is 11.8 Å². The number of benzene rings is 5. The molecule has 61 heavy (non-hydrogen) atoms. The van der Waals surface area contributed by atoms with Crippen molar-refractivity contribution in [1.82, 2.24) is 14.5 Å². The summed E-state index contributed by atoms with van der Waals surface area (Å²) in [5.41, 5.74) is 12.0. The van der Waals surface area contributed by atoms with Crippen LogP contribution in [0.3, 0.4) is 0 Å². The number of fused-ring (bicyclic) bond motifs is 6. The summed E-state index contributed by atoms with van der Waals surface area (Å²) in [7, 11) is -2.89. The molecule has 0 spiro atoms. The fourth-order valence-corrected chi connectivity index (χ4v) is 11.9. The van der Waals surface area contributed by atoms with Gasteiger partial charge >= 0.3 is 0 Å². The summed E-state index contributed by atoms with van der Waals surface area (Å²) in [5.74, 6) is 1.23. The molecule has 0 bridgehead atoms. The van der Waals surface area contributed by atoms with Crippen molar-refractivity contribution in [2.75, 3.05) is 0 Å². The second kappa shape index (κ2) is 17.8. The number of rotatable bonds is 9. The van der Waals surface area contributed by atoms with E-state index in [1.807, 2.05) is 24.3 Å². The van der Waals surface area contributed by atoms with Crippen LogP contribution < -0.4 is 10.4 Å². The summed E-state index contributed by atoms with van der Waals surface area (Å²) >= 11 is 0. The zero-order valence-electron chi connectivity index (χ0n) is 37.3. The van der Waals surface area contributed by atoms with Gasteiger partial charge in [0.05, 0.1) is 21.7 Å². The molecule has 0 aliphatic heterocycles. The van der Waals surface area contributed by atoms with Crippen LogP contribution in [0.25, 0.3) is 71.9 Å². The largest absolute Gasteiger partial charge is 0.501 e. The third kappa shape index (κ3) is 9.03. The summed E-state index contributed by atoms with van der Waals surface area (Å²) < 4.78 is 9.01. The Labute approximate surface area is 377 Å². The van der Waals surface area contributed by atoms with Crippen LogP contribution in [-0.4, -0.2) is 30.7 Å². The summed E-state index contributed by atoms with van der Waals surface area (Å²) in [6.07, 6.45) is 6.41.